The fraction of sp³-hybridized carbons (Fsp3) is 0.842. The molecule has 0 radical (unpaired) electrons. The molecule has 0 saturated heterocycles. The molecule has 0 aliphatic heterocycles. The van der Waals surface area contributed by atoms with E-state index in [1.54, 1.807) is 7.05 Å². The lowest BCUT2D eigenvalue weighted by Crippen LogP contribution is -2.57. The molecule has 0 aromatic rings. The standard InChI is InChI=1S/C19H39N5O3/c1-12(2)11-16(23-19(27)17(13(3)4)24-21-6)18(26)22-15(14(5)25)9-7-8-10-20/h12-13,15-17,21,24H,7-11,20H2,1-6H3,(H,22,26)(H,23,27). The van der Waals surface area contributed by atoms with E-state index >= 15 is 0 Å². The monoisotopic (exact) mass is 385 g/mol. The van der Waals surface area contributed by atoms with Crippen LogP contribution in [-0.2, 0) is 14.4 Å². The minimum atomic E-state index is -0.686. The van der Waals surface area contributed by atoms with Gasteiger partial charge >= 0.3 is 0 Å². The average Bonchev–Trinajstić information content (AvgIpc) is 2.57. The summed E-state index contributed by atoms with van der Waals surface area (Å²) in [6.07, 6.45) is 2.62. The van der Waals surface area contributed by atoms with Crippen molar-refractivity contribution in [3.63, 3.8) is 0 Å². The van der Waals surface area contributed by atoms with Crippen molar-refractivity contribution in [2.24, 2.45) is 17.6 Å². The third-order valence-corrected chi connectivity index (χ3v) is 4.34. The summed E-state index contributed by atoms with van der Waals surface area (Å²) in [6, 6.07) is -1.70. The van der Waals surface area contributed by atoms with Gasteiger partial charge in [0.15, 0.2) is 5.78 Å². The molecule has 8 nitrogen and oxygen atoms in total. The van der Waals surface area contributed by atoms with Gasteiger partial charge in [-0.15, -0.1) is 0 Å². The quantitative estimate of drug-likeness (QED) is 0.219. The van der Waals surface area contributed by atoms with Crippen LogP contribution in [0.2, 0.25) is 0 Å². The summed E-state index contributed by atoms with van der Waals surface area (Å²) in [5.74, 6) is -0.406. The maximum atomic E-state index is 12.8. The van der Waals surface area contributed by atoms with Gasteiger partial charge in [-0.3, -0.25) is 19.8 Å². The highest BCUT2D eigenvalue weighted by molar-refractivity contribution is 5.93. The zero-order valence-corrected chi connectivity index (χ0v) is 17.7. The van der Waals surface area contributed by atoms with Gasteiger partial charge in [-0.25, -0.2) is 5.43 Å². The fourth-order valence-corrected chi connectivity index (χ4v) is 2.80. The van der Waals surface area contributed by atoms with Crippen molar-refractivity contribution in [3.8, 4) is 0 Å². The number of ketones is 1. The van der Waals surface area contributed by atoms with Crippen LogP contribution in [0.3, 0.4) is 0 Å². The highest BCUT2D eigenvalue weighted by atomic mass is 16.2. The van der Waals surface area contributed by atoms with Crippen LogP contribution in [0.5, 0.6) is 0 Å². The largest absolute Gasteiger partial charge is 0.345 e. The molecule has 0 aliphatic carbocycles. The minimum absolute atomic E-state index is 0.0430. The highest BCUT2D eigenvalue weighted by Crippen LogP contribution is 2.09. The summed E-state index contributed by atoms with van der Waals surface area (Å²) >= 11 is 0. The number of Topliss-reactive ketones (excluding diaryl/α,β-unsaturated/α-hetero) is 1. The predicted octanol–water partition coefficient (Wildman–Crippen LogP) is 0.469. The van der Waals surface area contributed by atoms with E-state index in [4.69, 9.17) is 5.73 Å². The molecule has 3 atom stereocenters. The first-order valence-electron chi connectivity index (χ1n) is 9.87. The first kappa shape index (κ1) is 25.5. The van der Waals surface area contributed by atoms with E-state index in [-0.39, 0.29) is 29.4 Å². The topological polar surface area (TPSA) is 125 Å². The SMILES string of the molecule is CNNC(C(=O)NC(CC(C)C)C(=O)NC(CCCCN)C(C)=O)C(C)C. The molecular formula is C19H39N5O3. The number of amides is 2. The van der Waals surface area contributed by atoms with Crippen molar-refractivity contribution in [2.75, 3.05) is 13.6 Å². The van der Waals surface area contributed by atoms with E-state index in [1.165, 1.54) is 6.92 Å². The number of hydrazine groups is 1. The normalized spacial score (nSPS) is 14.7. The predicted molar refractivity (Wildman–Crippen MR) is 108 cm³/mol. The number of unbranched alkanes of at least 4 members (excludes halogenated alkanes) is 1. The third-order valence-electron chi connectivity index (χ3n) is 4.34. The number of rotatable bonds is 14. The van der Waals surface area contributed by atoms with Gasteiger partial charge < -0.3 is 16.4 Å². The number of carbonyl (C=O) groups is 3. The van der Waals surface area contributed by atoms with Crippen LogP contribution in [-0.4, -0.2) is 49.3 Å². The van der Waals surface area contributed by atoms with Crippen molar-refractivity contribution in [3.05, 3.63) is 0 Å². The maximum Gasteiger partial charge on any atom is 0.243 e. The van der Waals surface area contributed by atoms with Crippen molar-refractivity contribution < 1.29 is 14.4 Å². The molecule has 27 heavy (non-hydrogen) atoms. The van der Waals surface area contributed by atoms with E-state index in [0.29, 0.717) is 19.4 Å². The second-order valence-corrected chi connectivity index (χ2v) is 7.76. The summed E-state index contributed by atoms with van der Waals surface area (Å²) in [5.41, 5.74) is 11.2. The molecule has 6 N–H and O–H groups in total. The zero-order valence-electron chi connectivity index (χ0n) is 17.7. The van der Waals surface area contributed by atoms with E-state index in [2.05, 4.69) is 21.5 Å². The van der Waals surface area contributed by atoms with Gasteiger partial charge in [-0.1, -0.05) is 27.7 Å². The summed E-state index contributed by atoms with van der Waals surface area (Å²) in [6.45, 7) is 9.85. The minimum Gasteiger partial charge on any atom is -0.345 e. The summed E-state index contributed by atoms with van der Waals surface area (Å²) in [4.78, 5) is 37.3. The second kappa shape index (κ2) is 13.6. The number of nitrogens with one attached hydrogen (secondary N) is 4. The number of hydrogen-bond acceptors (Lipinski definition) is 6. The molecule has 3 unspecified atom stereocenters. The Labute approximate surface area is 163 Å². The smallest absolute Gasteiger partial charge is 0.243 e. The van der Waals surface area contributed by atoms with E-state index < -0.39 is 18.1 Å². The Morgan fingerprint density at radius 1 is 0.926 bits per heavy atom. The molecule has 0 saturated carbocycles. The van der Waals surface area contributed by atoms with Crippen LogP contribution in [0.15, 0.2) is 0 Å². The van der Waals surface area contributed by atoms with Crippen LogP contribution >= 0.6 is 0 Å². The van der Waals surface area contributed by atoms with Crippen LogP contribution in [0.4, 0.5) is 0 Å². The molecule has 0 heterocycles. The molecule has 2 amide bonds. The van der Waals surface area contributed by atoms with Crippen LogP contribution in [0.25, 0.3) is 0 Å². The molecule has 158 valence electrons. The van der Waals surface area contributed by atoms with Crippen LogP contribution < -0.4 is 27.2 Å². The Morgan fingerprint density at radius 3 is 1.96 bits per heavy atom. The van der Waals surface area contributed by atoms with Crippen LogP contribution in [0, 0.1) is 11.8 Å². The Kier molecular flexibility index (Phi) is 12.9. The Morgan fingerprint density at radius 2 is 1.52 bits per heavy atom. The molecule has 0 aromatic heterocycles. The van der Waals surface area contributed by atoms with Gasteiger partial charge in [-0.2, -0.15) is 0 Å². The van der Waals surface area contributed by atoms with E-state index in [0.717, 1.165) is 12.8 Å². The average molecular weight is 386 g/mol. The van der Waals surface area contributed by atoms with Gasteiger partial charge in [-0.05, 0) is 58.0 Å². The fourth-order valence-electron chi connectivity index (χ4n) is 2.80. The maximum absolute atomic E-state index is 12.8. The van der Waals surface area contributed by atoms with Gasteiger partial charge in [0.2, 0.25) is 11.8 Å². The zero-order chi connectivity index (χ0) is 21.0. The first-order chi connectivity index (χ1) is 12.6. The van der Waals surface area contributed by atoms with Gasteiger partial charge in [0.05, 0.1) is 6.04 Å². The van der Waals surface area contributed by atoms with E-state index in [9.17, 15) is 14.4 Å². The lowest BCUT2D eigenvalue weighted by Gasteiger charge is -2.27. The molecule has 0 bridgehead atoms. The highest BCUT2D eigenvalue weighted by Gasteiger charge is 2.29. The van der Waals surface area contributed by atoms with Gasteiger partial charge in [0, 0.05) is 0 Å². The van der Waals surface area contributed by atoms with Crippen molar-refractivity contribution in [2.45, 2.75) is 78.4 Å². The summed E-state index contributed by atoms with van der Waals surface area (Å²) < 4.78 is 0. The Balaban J connectivity index is 5.11. The summed E-state index contributed by atoms with van der Waals surface area (Å²) in [5, 5.41) is 5.65. The molecule has 0 aromatic carbocycles. The molecule has 0 aliphatic rings. The van der Waals surface area contributed by atoms with Crippen LogP contribution in [0.1, 0.15) is 60.3 Å². The van der Waals surface area contributed by atoms with Crippen molar-refractivity contribution >= 4 is 17.6 Å². The number of nitrogens with two attached hydrogens (primary N) is 1. The first-order valence-corrected chi connectivity index (χ1v) is 9.87. The molecule has 8 heteroatoms. The third kappa shape index (κ3) is 10.4. The second-order valence-electron chi connectivity index (χ2n) is 7.76. The molecular weight excluding hydrogens is 346 g/mol. The lowest BCUT2D eigenvalue weighted by molar-refractivity contribution is -0.132. The lowest BCUT2D eigenvalue weighted by atomic mass is 9.99. The van der Waals surface area contributed by atoms with E-state index in [1.807, 2.05) is 27.7 Å². The summed E-state index contributed by atoms with van der Waals surface area (Å²) in [7, 11) is 1.69. The Bertz CT molecular complexity index is 468. The van der Waals surface area contributed by atoms with Crippen molar-refractivity contribution in [1.29, 1.82) is 0 Å². The number of carbonyl (C=O) groups excluding carboxylic acids is 3. The molecule has 0 fully saturated rings. The van der Waals surface area contributed by atoms with Gasteiger partial charge in [0.1, 0.15) is 12.1 Å². The molecule has 0 spiro atoms. The van der Waals surface area contributed by atoms with Crippen molar-refractivity contribution in [1.82, 2.24) is 21.5 Å². The number of hydrogen-bond donors (Lipinski definition) is 5. The van der Waals surface area contributed by atoms with Gasteiger partial charge in [0.25, 0.3) is 0 Å². The molecule has 0 rings (SSSR count). The Hall–Kier alpha value is -1.51.